The topological polar surface area (TPSA) is 85.9 Å². The van der Waals surface area contributed by atoms with Crippen molar-refractivity contribution in [2.75, 3.05) is 21.3 Å². The number of carbonyl (C=O) groups excluding carboxylic acids is 2. The molecule has 0 aliphatic carbocycles. The van der Waals surface area contributed by atoms with Crippen molar-refractivity contribution >= 4 is 33.6 Å². The molecule has 7 nitrogen and oxygen atoms in total. The Bertz CT molecular complexity index is 943. The maximum atomic E-state index is 12.7. The van der Waals surface area contributed by atoms with E-state index in [-0.39, 0.29) is 5.57 Å². The normalized spacial score (nSPS) is 16.1. The molecule has 28 heavy (non-hydrogen) atoms. The third-order valence-electron chi connectivity index (χ3n) is 4.33. The van der Waals surface area contributed by atoms with E-state index in [4.69, 9.17) is 14.2 Å². The van der Waals surface area contributed by atoms with E-state index in [1.807, 2.05) is 30.3 Å². The summed E-state index contributed by atoms with van der Waals surface area (Å²) >= 11 is 3.45. The van der Waals surface area contributed by atoms with Gasteiger partial charge in [-0.25, -0.2) is 9.59 Å². The molecule has 1 unspecified atom stereocenters. The summed E-state index contributed by atoms with van der Waals surface area (Å²) in [7, 11) is 4.35. The minimum atomic E-state index is -0.743. The van der Waals surface area contributed by atoms with E-state index < -0.39 is 18.0 Å². The highest BCUT2D eigenvalue weighted by molar-refractivity contribution is 9.10. The molecule has 0 spiro atoms. The van der Waals surface area contributed by atoms with E-state index in [1.54, 1.807) is 12.1 Å². The predicted octanol–water partition coefficient (Wildman–Crippen LogP) is 3.40. The van der Waals surface area contributed by atoms with Crippen molar-refractivity contribution in [2.24, 2.45) is 0 Å². The fourth-order valence-corrected chi connectivity index (χ4v) is 3.70. The fourth-order valence-electron chi connectivity index (χ4n) is 3.08. The van der Waals surface area contributed by atoms with Gasteiger partial charge in [-0.2, -0.15) is 0 Å². The van der Waals surface area contributed by atoms with Crippen LogP contribution in [-0.4, -0.2) is 33.3 Å². The first-order chi connectivity index (χ1) is 13.5. The third-order valence-corrected chi connectivity index (χ3v) is 4.92. The summed E-state index contributed by atoms with van der Waals surface area (Å²) in [4.78, 5) is 25.0. The van der Waals surface area contributed by atoms with Crippen molar-refractivity contribution in [2.45, 2.75) is 6.04 Å². The molecule has 1 atom stereocenters. The van der Waals surface area contributed by atoms with Gasteiger partial charge >= 0.3 is 12.0 Å². The largest absolute Gasteiger partial charge is 0.493 e. The minimum Gasteiger partial charge on any atom is -0.493 e. The van der Waals surface area contributed by atoms with Crippen LogP contribution in [0.15, 0.2) is 52.5 Å². The Hall–Kier alpha value is -3.00. The quantitative estimate of drug-likeness (QED) is 0.687. The van der Waals surface area contributed by atoms with E-state index in [1.165, 1.54) is 21.3 Å². The second kappa shape index (κ2) is 8.35. The highest BCUT2D eigenvalue weighted by Gasteiger charge is 2.35. The number of benzene rings is 2. The lowest BCUT2D eigenvalue weighted by atomic mass is 9.92. The molecule has 0 radical (unpaired) electrons. The van der Waals surface area contributed by atoms with Gasteiger partial charge in [0.1, 0.15) is 0 Å². The summed E-state index contributed by atoms with van der Waals surface area (Å²) in [6.07, 6.45) is 0. The van der Waals surface area contributed by atoms with Crippen LogP contribution in [0, 0.1) is 0 Å². The van der Waals surface area contributed by atoms with Crippen molar-refractivity contribution in [3.63, 3.8) is 0 Å². The molecular formula is C20H19BrN2O5. The highest BCUT2D eigenvalue weighted by atomic mass is 79.9. The average molecular weight is 447 g/mol. The van der Waals surface area contributed by atoms with Crippen LogP contribution in [0.25, 0.3) is 5.70 Å². The zero-order valence-electron chi connectivity index (χ0n) is 15.5. The number of urea groups is 1. The van der Waals surface area contributed by atoms with E-state index in [0.29, 0.717) is 32.8 Å². The van der Waals surface area contributed by atoms with E-state index in [9.17, 15) is 9.59 Å². The molecule has 2 aromatic carbocycles. The number of amides is 2. The van der Waals surface area contributed by atoms with Gasteiger partial charge in [-0.05, 0) is 39.2 Å². The zero-order chi connectivity index (χ0) is 20.3. The number of rotatable bonds is 5. The summed E-state index contributed by atoms with van der Waals surface area (Å²) in [6.45, 7) is 0. The Morgan fingerprint density at radius 3 is 2.39 bits per heavy atom. The molecule has 0 aromatic heterocycles. The van der Waals surface area contributed by atoms with E-state index in [2.05, 4.69) is 26.6 Å². The number of halogens is 1. The molecule has 146 valence electrons. The fraction of sp³-hybridized carbons (Fsp3) is 0.200. The third kappa shape index (κ3) is 3.68. The van der Waals surface area contributed by atoms with Crippen LogP contribution in [0.4, 0.5) is 4.79 Å². The SMILES string of the molecule is COC(=O)C1=C(c2ccccc2)NC(=O)NC1c1cc(Br)c(OC)c(OC)c1. The summed E-state index contributed by atoms with van der Waals surface area (Å²) in [6, 6.07) is 11.4. The molecule has 2 amide bonds. The van der Waals surface area contributed by atoms with Gasteiger partial charge in [-0.3, -0.25) is 0 Å². The predicted molar refractivity (Wildman–Crippen MR) is 107 cm³/mol. The monoisotopic (exact) mass is 446 g/mol. The van der Waals surface area contributed by atoms with Gasteiger partial charge in [-0.1, -0.05) is 30.3 Å². The molecule has 2 aromatic rings. The Morgan fingerprint density at radius 2 is 1.79 bits per heavy atom. The molecule has 0 bridgehead atoms. The molecule has 1 aliphatic heterocycles. The first-order valence-corrected chi connectivity index (χ1v) is 9.16. The smallest absolute Gasteiger partial charge is 0.338 e. The molecule has 8 heteroatoms. The van der Waals surface area contributed by atoms with Gasteiger partial charge in [0.25, 0.3) is 0 Å². The van der Waals surface area contributed by atoms with Crippen molar-refractivity contribution in [3.05, 3.63) is 63.6 Å². The van der Waals surface area contributed by atoms with Crippen LogP contribution in [-0.2, 0) is 9.53 Å². The Kier molecular flexibility index (Phi) is 5.89. The number of ether oxygens (including phenoxy) is 3. The number of carbonyl (C=O) groups is 2. The number of methoxy groups -OCH3 is 3. The molecule has 0 saturated carbocycles. The molecule has 1 aliphatic rings. The van der Waals surface area contributed by atoms with Crippen molar-refractivity contribution < 1.29 is 23.8 Å². The second-order valence-electron chi connectivity index (χ2n) is 5.92. The Labute approximate surface area is 170 Å². The first-order valence-electron chi connectivity index (χ1n) is 8.37. The lowest BCUT2D eigenvalue weighted by Crippen LogP contribution is -2.45. The van der Waals surface area contributed by atoms with Crippen LogP contribution < -0.4 is 20.1 Å². The van der Waals surface area contributed by atoms with Gasteiger partial charge in [0.05, 0.1) is 43.1 Å². The van der Waals surface area contributed by atoms with Crippen molar-refractivity contribution in [1.29, 1.82) is 0 Å². The van der Waals surface area contributed by atoms with Crippen molar-refractivity contribution in [1.82, 2.24) is 10.6 Å². The lowest BCUT2D eigenvalue weighted by Gasteiger charge is -2.29. The Morgan fingerprint density at radius 1 is 1.07 bits per heavy atom. The van der Waals surface area contributed by atoms with Gasteiger partial charge in [-0.15, -0.1) is 0 Å². The van der Waals surface area contributed by atoms with Gasteiger partial charge in [0, 0.05) is 0 Å². The van der Waals surface area contributed by atoms with E-state index >= 15 is 0 Å². The molecule has 3 rings (SSSR count). The maximum Gasteiger partial charge on any atom is 0.338 e. The molecule has 0 fully saturated rings. The summed E-state index contributed by atoms with van der Waals surface area (Å²) in [5, 5.41) is 5.51. The van der Waals surface area contributed by atoms with Gasteiger partial charge in [0.2, 0.25) is 0 Å². The molecule has 0 saturated heterocycles. The zero-order valence-corrected chi connectivity index (χ0v) is 17.1. The standard InChI is InChI=1S/C20H19BrN2O5/c1-26-14-10-12(9-13(21)18(14)27-2)17-15(19(24)28-3)16(22-20(25)23-17)11-7-5-4-6-8-11/h4-10,17H,1-3H3,(H2,22,23,25). The summed E-state index contributed by atoms with van der Waals surface area (Å²) in [5.41, 5.74) is 2.01. The number of esters is 1. The van der Waals surface area contributed by atoms with E-state index in [0.717, 1.165) is 0 Å². The van der Waals surface area contributed by atoms with Gasteiger partial charge < -0.3 is 24.8 Å². The average Bonchev–Trinajstić information content (AvgIpc) is 2.72. The molecular weight excluding hydrogens is 428 g/mol. The van der Waals surface area contributed by atoms with Crippen LogP contribution in [0.5, 0.6) is 11.5 Å². The number of hydrogen-bond donors (Lipinski definition) is 2. The van der Waals surface area contributed by atoms with Crippen LogP contribution in [0.3, 0.4) is 0 Å². The molecule has 2 N–H and O–H groups in total. The second-order valence-corrected chi connectivity index (χ2v) is 6.77. The van der Waals surface area contributed by atoms with Crippen LogP contribution in [0.2, 0.25) is 0 Å². The first kappa shape index (κ1) is 19.8. The van der Waals surface area contributed by atoms with Crippen LogP contribution in [0.1, 0.15) is 17.2 Å². The maximum absolute atomic E-state index is 12.7. The lowest BCUT2D eigenvalue weighted by molar-refractivity contribution is -0.136. The Balaban J connectivity index is 2.22. The van der Waals surface area contributed by atoms with Crippen molar-refractivity contribution in [3.8, 4) is 11.5 Å². The summed E-state index contributed by atoms with van der Waals surface area (Å²) in [5.74, 6) is 0.422. The molecule has 1 heterocycles. The van der Waals surface area contributed by atoms with Gasteiger partial charge in [0.15, 0.2) is 11.5 Å². The number of hydrogen-bond acceptors (Lipinski definition) is 5. The minimum absolute atomic E-state index is 0.285. The summed E-state index contributed by atoms with van der Waals surface area (Å²) < 4.78 is 16.4. The van der Waals surface area contributed by atoms with Crippen LogP contribution >= 0.6 is 15.9 Å². The number of nitrogens with one attached hydrogen (secondary N) is 2. The highest BCUT2D eigenvalue weighted by Crippen LogP contribution is 2.40.